The Morgan fingerprint density at radius 3 is 1.04 bits per heavy atom. The van der Waals surface area contributed by atoms with Crippen LogP contribution in [-0.2, 0) is 58.9 Å². The van der Waals surface area contributed by atoms with Gasteiger partial charge in [0.05, 0.1) is 13.1 Å². The quantitative estimate of drug-likeness (QED) is 0.0239. The van der Waals surface area contributed by atoms with Gasteiger partial charge in [0.2, 0.25) is 11.8 Å². The molecule has 2 saturated heterocycles. The van der Waals surface area contributed by atoms with Crippen LogP contribution in [0.15, 0.2) is 267 Å². The Morgan fingerprint density at radius 2 is 0.688 bits per heavy atom. The van der Waals surface area contributed by atoms with Gasteiger partial charge in [-0.15, -0.1) is 0 Å². The van der Waals surface area contributed by atoms with Crippen LogP contribution in [0.3, 0.4) is 0 Å². The highest BCUT2D eigenvalue weighted by atomic mass is 32.2. The number of likely N-dealkylation sites (tertiary alicyclic amines) is 2. The van der Waals surface area contributed by atoms with E-state index in [1.807, 2.05) is 150 Å². The molecule has 2 amide bonds. The van der Waals surface area contributed by atoms with E-state index in [9.17, 15) is 106 Å². The number of hydrogen-bond acceptors (Lipinski definition) is 15. The lowest BCUT2D eigenvalue weighted by Crippen LogP contribution is -2.46. The molecule has 0 aliphatic carbocycles. The molecule has 2 aliphatic rings. The fourth-order valence-corrected chi connectivity index (χ4v) is 32.2. The summed E-state index contributed by atoms with van der Waals surface area (Å²) in [6, 6.07) is 88.9. The van der Waals surface area contributed by atoms with Crippen molar-refractivity contribution in [3.05, 3.63) is 267 Å². The van der Waals surface area contributed by atoms with Crippen molar-refractivity contribution in [2.45, 2.75) is 139 Å². The largest absolute Gasteiger partial charge is 0.516 e. The van der Waals surface area contributed by atoms with Crippen molar-refractivity contribution < 1.29 is 106 Å². The van der Waals surface area contributed by atoms with E-state index < -0.39 is 148 Å². The highest BCUT2D eigenvalue weighted by Gasteiger charge is 2.51. The molecule has 141 heavy (non-hydrogen) atoms. The van der Waals surface area contributed by atoms with Crippen molar-refractivity contribution >= 4 is 180 Å². The Kier molecular flexibility index (Phi) is 37.2. The zero-order valence-electron chi connectivity index (χ0n) is 77.0. The third-order valence-electron chi connectivity index (χ3n) is 24.8. The fourth-order valence-electron chi connectivity index (χ4n) is 18.6. The van der Waals surface area contributed by atoms with Crippen LogP contribution >= 0.6 is 31.7 Å². The smallest absolute Gasteiger partial charge is 0.313 e. The molecule has 8 atom stereocenters. The molecule has 0 bridgehead atoms. The van der Waals surface area contributed by atoms with Gasteiger partial charge in [0, 0.05) is 37.5 Å². The zero-order chi connectivity index (χ0) is 101. The third kappa shape index (κ3) is 27.8. The molecule has 0 aromatic heterocycles. The molecule has 12 aromatic carbocycles. The summed E-state index contributed by atoms with van der Waals surface area (Å²) < 4.78 is 256. The summed E-state index contributed by atoms with van der Waals surface area (Å²) >= 11 is 0. The number of Topliss-reactive ketones (excluding diaryl/α,β-unsaturated/α-hetero) is 2. The first-order chi connectivity index (χ1) is 66.3. The van der Waals surface area contributed by atoms with Crippen molar-refractivity contribution in [3.63, 3.8) is 0 Å². The normalized spacial score (nSPS) is 16.3. The number of fused-ring (bicyclic) bond motifs is 4. The second-order valence-electron chi connectivity index (χ2n) is 35.9. The van der Waals surface area contributed by atoms with Gasteiger partial charge in [0.1, 0.15) is 17.3 Å². The van der Waals surface area contributed by atoms with Gasteiger partial charge in [-0.2, -0.15) is 69.5 Å². The molecule has 0 spiro atoms. The van der Waals surface area contributed by atoms with Crippen LogP contribution in [0, 0.1) is 17.8 Å². The maximum Gasteiger partial charge on any atom is 0.516 e. The summed E-state index contributed by atoms with van der Waals surface area (Å²) in [6.45, 7) is 8.05. The van der Waals surface area contributed by atoms with Crippen molar-refractivity contribution in [2.24, 2.45) is 17.8 Å². The number of alkyl halides is 12. The average Bonchev–Trinajstić information content (AvgIpc) is 1.37. The Bertz CT molecular complexity index is 6480. The lowest BCUT2D eigenvalue weighted by molar-refractivity contribution is -0.121. The second kappa shape index (κ2) is 47.6. The Morgan fingerprint density at radius 1 is 0.369 bits per heavy atom. The van der Waals surface area contributed by atoms with Gasteiger partial charge in [0.15, 0.2) is 5.78 Å². The molecule has 0 radical (unpaired) electrons. The predicted octanol–water partition coefficient (Wildman–Crippen LogP) is 19.8. The molecule has 0 saturated carbocycles. The molecule has 12 aromatic rings. The molecule has 2 heterocycles. The summed E-state index contributed by atoms with van der Waals surface area (Å²) in [4.78, 5) is 54.9. The molecular formula is C104H111F12N5O12P4S4. The van der Waals surface area contributed by atoms with Gasteiger partial charge < -0.3 is 5.32 Å². The Balaban J connectivity index is 0.000000251. The lowest BCUT2D eigenvalue weighted by atomic mass is 9.93. The average molecular weight is 2100 g/mol. The highest BCUT2D eigenvalue weighted by molar-refractivity contribution is 7.93. The van der Waals surface area contributed by atoms with E-state index in [-0.39, 0.29) is 62.7 Å². The summed E-state index contributed by atoms with van der Waals surface area (Å²) in [5, 5.41) is 19.8. The number of rotatable bonds is 40. The number of sulfonamides is 2. The number of hydrogen-bond donors (Lipinski definition) is 3. The maximum absolute atomic E-state index is 13.3. The molecule has 17 nitrogen and oxygen atoms in total. The number of halogens is 12. The number of ketones is 2. The third-order valence-corrected chi connectivity index (χ3v) is 40.6. The topological polar surface area (TPSA) is 247 Å². The summed E-state index contributed by atoms with van der Waals surface area (Å²) in [6.07, 6.45) is 6.11. The van der Waals surface area contributed by atoms with E-state index in [4.69, 9.17) is 0 Å². The van der Waals surface area contributed by atoms with Crippen LogP contribution in [0.5, 0.6) is 0 Å². The van der Waals surface area contributed by atoms with Crippen LogP contribution < -0.4 is 57.2 Å². The van der Waals surface area contributed by atoms with Crippen LogP contribution in [0.25, 0.3) is 65.3 Å². The first kappa shape index (κ1) is 110. The molecule has 3 N–H and O–H groups in total. The SMILES string of the molecule is C.CC(C)CC(CCCC(=O)CS(=O)(=O)C(F)(F)F)CP(c1ccccc1)c1ccc2ccccc2c1-c1c(P(CC(CC(C)C)NCCC(=O)NS(=O)(=O)C(F)(F)F)c2ccccc2)ccc2ccccc12.O=C(CN1CCC[C@H]1CP(c1ccccc1)c1ccc2ccccc2c1-c1c(P(C[C@@H]2CCCN2CC(=O)NS(=O)(=O)C(F)(F)F)c2ccccc2)ccc2ccccc12)CS(=O)(=O)C(F)(F)F. The summed E-state index contributed by atoms with van der Waals surface area (Å²) in [5.41, 5.74) is -18.3. The van der Waals surface area contributed by atoms with Gasteiger partial charge in [-0.3, -0.25) is 29.0 Å². The van der Waals surface area contributed by atoms with E-state index in [2.05, 4.69) is 154 Å². The minimum atomic E-state index is -5.90. The van der Waals surface area contributed by atoms with Gasteiger partial charge in [-0.25, -0.2) is 26.3 Å². The van der Waals surface area contributed by atoms with Gasteiger partial charge >= 0.3 is 42.1 Å². The Hall–Kier alpha value is -9.48. The number of nitrogens with one attached hydrogen (secondary N) is 3. The molecule has 14 rings (SSSR count). The highest BCUT2D eigenvalue weighted by Crippen LogP contribution is 2.52. The van der Waals surface area contributed by atoms with E-state index in [1.165, 1.54) is 4.72 Å². The summed E-state index contributed by atoms with van der Waals surface area (Å²) in [5.74, 6) is -7.33. The Labute approximate surface area is 820 Å². The van der Waals surface area contributed by atoms with Crippen molar-refractivity contribution in [3.8, 4) is 22.3 Å². The summed E-state index contributed by atoms with van der Waals surface area (Å²) in [7, 11) is -28.1. The molecule has 6 unspecified atom stereocenters. The molecule has 2 aliphatic heterocycles. The van der Waals surface area contributed by atoms with E-state index in [1.54, 1.807) is 4.90 Å². The monoisotopic (exact) mass is 2100 g/mol. The van der Waals surface area contributed by atoms with Crippen molar-refractivity contribution in [2.75, 3.05) is 68.9 Å². The van der Waals surface area contributed by atoms with E-state index in [0.29, 0.717) is 76.3 Å². The minimum Gasteiger partial charge on any atom is -0.313 e. The van der Waals surface area contributed by atoms with Gasteiger partial charge in [-0.05, 0) is 246 Å². The molecule has 752 valence electrons. The first-order valence-corrected chi connectivity index (χ1v) is 58.1. The van der Waals surface area contributed by atoms with Crippen LogP contribution in [-0.4, -0.2) is 176 Å². The van der Waals surface area contributed by atoms with Crippen molar-refractivity contribution in [1.82, 2.24) is 24.6 Å². The predicted molar refractivity (Wildman–Crippen MR) is 548 cm³/mol. The number of nitrogens with zero attached hydrogens (tertiary/aromatic N) is 2. The standard InChI is InChI=1S/C54H60F6N2O6P2S2.C49H47F6N3O6P2S2.CH4/c1-37(2)32-39(16-15-19-43(63)36-71(65,66)53(55,56)57)34-69(44-20-7-5-8-21-44)48-28-26-40-17-11-13-24-46(40)51(48)52-47-25-14-12-18-41(47)27-29-49(52)70(45-22-9-6-10-23-45)35-42(33-38(3)4)61-31-30-50(64)62-72(67,68)54(58,59)60;50-48(51,52)67(61,62)33-38(59)29-57-27-11-15-36(57)31-65(39-17-3-1-4-18-39)43-25-23-34-13-7-9-21-41(34)46(43)47-42-22-10-8-14-35(42)24-26-44(47)66(40-19-5-2-6-20-40)32-37-16-12-28-58(37)30-45(60)56-68(63,64)49(53,54)55;/h5-14,17-18,20-29,37-39,42,61H,15-16,19,30-36H2,1-4H3,(H,62,64);1-10,13-14,17-26,36-37H,11-12,15-16,27-33H2,(H,56,60);1H4/t;36-,37-,65?,66?;/m.0./s1. The maximum atomic E-state index is 13.3. The van der Waals surface area contributed by atoms with Crippen LogP contribution in [0.1, 0.15) is 99.3 Å². The van der Waals surface area contributed by atoms with E-state index >= 15 is 0 Å². The zero-order valence-corrected chi connectivity index (χ0v) is 83.8. The minimum absolute atomic E-state index is 0. The number of sulfone groups is 2. The van der Waals surface area contributed by atoms with Crippen molar-refractivity contribution in [1.29, 1.82) is 0 Å². The number of carbonyl (C=O) groups excluding carboxylic acids is 4. The molecule has 37 heteroatoms. The van der Waals surface area contributed by atoms with E-state index in [0.717, 1.165) is 119 Å². The van der Waals surface area contributed by atoms with Crippen LogP contribution in [0.4, 0.5) is 52.7 Å². The number of carbonyl (C=O) groups is 4. The van der Waals surface area contributed by atoms with Crippen LogP contribution in [0.2, 0.25) is 0 Å². The first-order valence-electron chi connectivity index (χ1n) is 45.7. The lowest BCUT2D eigenvalue weighted by Gasteiger charge is -2.32. The van der Waals surface area contributed by atoms with Gasteiger partial charge in [-0.1, -0.05) is 302 Å². The molecular weight excluding hydrogens is 1990 g/mol. The fraction of sp³-hybridized carbons (Fsp3) is 0.346. The van der Waals surface area contributed by atoms with Gasteiger partial charge in [0.25, 0.3) is 19.7 Å². The molecule has 2 fully saturated rings. The second-order valence-corrected chi connectivity index (χ2v) is 52.1. The number of benzene rings is 12. The number of amides is 2.